The maximum absolute atomic E-state index is 12.4. The molecule has 0 radical (unpaired) electrons. The summed E-state index contributed by atoms with van der Waals surface area (Å²) in [4.78, 5) is 1.71. The Labute approximate surface area is 95.0 Å². The van der Waals surface area contributed by atoms with Gasteiger partial charge in [0.25, 0.3) is 0 Å². The highest BCUT2D eigenvalue weighted by molar-refractivity contribution is 4.96. The molecular weight excluding hydrogens is 215 g/mol. The Morgan fingerprint density at radius 3 is 2.00 bits per heavy atom. The number of fused-ring (bicyclic) bond motifs is 2. The molecule has 2 aliphatic heterocycles. The van der Waals surface area contributed by atoms with Crippen LogP contribution in [0.2, 0.25) is 0 Å². The zero-order valence-electron chi connectivity index (χ0n) is 9.93. The third-order valence-corrected chi connectivity index (χ3v) is 4.23. The molecule has 2 heterocycles. The van der Waals surface area contributed by atoms with Gasteiger partial charge in [-0.25, -0.2) is 0 Å². The zero-order valence-corrected chi connectivity index (χ0v) is 9.93. The van der Waals surface area contributed by atoms with Gasteiger partial charge in [-0.3, -0.25) is 4.90 Å². The van der Waals surface area contributed by atoms with Gasteiger partial charge < -0.3 is 0 Å². The highest BCUT2D eigenvalue weighted by atomic mass is 19.4. The van der Waals surface area contributed by atoms with Crippen molar-refractivity contribution in [1.82, 2.24) is 4.90 Å². The molecule has 4 heteroatoms. The minimum absolute atomic E-state index is 0.188. The van der Waals surface area contributed by atoms with E-state index in [1.165, 1.54) is 0 Å². The van der Waals surface area contributed by atoms with E-state index >= 15 is 0 Å². The first kappa shape index (κ1) is 12.2. The molecule has 0 spiro atoms. The third kappa shape index (κ3) is 2.53. The Kier molecular flexibility index (Phi) is 3.21. The van der Waals surface area contributed by atoms with Gasteiger partial charge in [0.15, 0.2) is 0 Å². The molecule has 1 nitrogen and oxygen atoms in total. The SMILES string of the molecule is CC(C)C1C[C@H]2CC[C@@H](C1)N2CC(F)(F)F. The van der Waals surface area contributed by atoms with E-state index in [1.807, 2.05) is 0 Å². The van der Waals surface area contributed by atoms with Crippen molar-refractivity contribution in [2.24, 2.45) is 11.8 Å². The van der Waals surface area contributed by atoms with Gasteiger partial charge in [0.05, 0.1) is 6.54 Å². The molecule has 0 saturated carbocycles. The van der Waals surface area contributed by atoms with Crippen LogP contribution in [0, 0.1) is 11.8 Å². The van der Waals surface area contributed by atoms with Gasteiger partial charge in [0.1, 0.15) is 0 Å². The van der Waals surface area contributed by atoms with Gasteiger partial charge in [0, 0.05) is 12.1 Å². The van der Waals surface area contributed by atoms with E-state index < -0.39 is 12.7 Å². The molecule has 0 aromatic carbocycles. The molecule has 0 N–H and O–H groups in total. The fourth-order valence-electron chi connectivity index (χ4n) is 3.33. The Bertz CT molecular complexity index is 235. The van der Waals surface area contributed by atoms with Gasteiger partial charge in [-0.1, -0.05) is 13.8 Å². The van der Waals surface area contributed by atoms with Crippen LogP contribution >= 0.6 is 0 Å². The number of alkyl halides is 3. The number of nitrogens with zero attached hydrogens (tertiary/aromatic N) is 1. The predicted octanol–water partition coefficient (Wildman–Crippen LogP) is 3.45. The number of piperidine rings is 1. The Balaban J connectivity index is 2.00. The number of hydrogen-bond donors (Lipinski definition) is 0. The Morgan fingerprint density at radius 2 is 1.62 bits per heavy atom. The summed E-state index contributed by atoms with van der Waals surface area (Å²) in [5, 5.41) is 0. The molecule has 1 unspecified atom stereocenters. The molecular formula is C12H20F3N. The lowest BCUT2D eigenvalue weighted by Gasteiger charge is -2.40. The molecule has 94 valence electrons. The largest absolute Gasteiger partial charge is 0.401 e. The van der Waals surface area contributed by atoms with Crippen molar-refractivity contribution >= 4 is 0 Å². The summed E-state index contributed by atoms with van der Waals surface area (Å²) in [5.41, 5.74) is 0. The van der Waals surface area contributed by atoms with E-state index in [-0.39, 0.29) is 12.1 Å². The van der Waals surface area contributed by atoms with Crippen molar-refractivity contribution in [3.8, 4) is 0 Å². The van der Waals surface area contributed by atoms with Crippen LogP contribution in [0.15, 0.2) is 0 Å². The van der Waals surface area contributed by atoms with Crippen LogP contribution in [-0.2, 0) is 0 Å². The molecule has 2 bridgehead atoms. The number of hydrogen-bond acceptors (Lipinski definition) is 1. The zero-order chi connectivity index (χ0) is 11.9. The molecule has 0 amide bonds. The van der Waals surface area contributed by atoms with Gasteiger partial charge in [-0.15, -0.1) is 0 Å². The summed E-state index contributed by atoms with van der Waals surface area (Å²) in [6.45, 7) is 3.67. The second-order valence-electron chi connectivity index (χ2n) is 5.65. The maximum Gasteiger partial charge on any atom is 0.401 e. The lowest BCUT2D eigenvalue weighted by atomic mass is 9.82. The minimum Gasteiger partial charge on any atom is -0.289 e. The number of halogens is 3. The molecule has 0 aromatic heterocycles. The molecule has 2 rings (SSSR count). The van der Waals surface area contributed by atoms with Crippen LogP contribution in [0.4, 0.5) is 13.2 Å². The summed E-state index contributed by atoms with van der Waals surface area (Å²) in [6, 6.07) is 0.376. The van der Waals surface area contributed by atoms with Crippen molar-refractivity contribution in [3.63, 3.8) is 0 Å². The van der Waals surface area contributed by atoms with Crippen molar-refractivity contribution in [1.29, 1.82) is 0 Å². The highest BCUT2D eigenvalue weighted by Crippen LogP contribution is 2.42. The summed E-state index contributed by atoms with van der Waals surface area (Å²) in [6.07, 6.45) is -0.187. The Hall–Kier alpha value is -0.250. The lowest BCUT2D eigenvalue weighted by molar-refractivity contribution is -0.157. The van der Waals surface area contributed by atoms with E-state index in [9.17, 15) is 13.2 Å². The second kappa shape index (κ2) is 4.21. The molecule has 2 saturated heterocycles. The first-order valence-corrected chi connectivity index (χ1v) is 6.19. The van der Waals surface area contributed by atoms with Crippen LogP contribution in [-0.4, -0.2) is 29.7 Å². The van der Waals surface area contributed by atoms with Crippen molar-refractivity contribution in [3.05, 3.63) is 0 Å². The van der Waals surface area contributed by atoms with Crippen LogP contribution in [0.1, 0.15) is 39.5 Å². The summed E-state index contributed by atoms with van der Waals surface area (Å²) >= 11 is 0. The second-order valence-corrected chi connectivity index (χ2v) is 5.65. The summed E-state index contributed by atoms with van der Waals surface area (Å²) in [7, 11) is 0. The quantitative estimate of drug-likeness (QED) is 0.708. The van der Waals surface area contributed by atoms with E-state index in [2.05, 4.69) is 13.8 Å². The van der Waals surface area contributed by atoms with E-state index in [0.29, 0.717) is 11.8 Å². The van der Waals surface area contributed by atoms with E-state index in [0.717, 1.165) is 25.7 Å². The van der Waals surface area contributed by atoms with Gasteiger partial charge in [-0.2, -0.15) is 13.2 Å². The maximum atomic E-state index is 12.4. The van der Waals surface area contributed by atoms with Crippen molar-refractivity contribution < 1.29 is 13.2 Å². The first-order valence-electron chi connectivity index (χ1n) is 6.19. The monoisotopic (exact) mass is 235 g/mol. The Morgan fingerprint density at radius 1 is 1.12 bits per heavy atom. The van der Waals surface area contributed by atoms with Crippen LogP contribution in [0.5, 0.6) is 0 Å². The average Bonchev–Trinajstić information content (AvgIpc) is 2.39. The molecule has 2 fully saturated rings. The van der Waals surface area contributed by atoms with Crippen LogP contribution < -0.4 is 0 Å². The lowest BCUT2D eigenvalue weighted by Crippen LogP contribution is -2.48. The third-order valence-electron chi connectivity index (χ3n) is 4.23. The normalized spacial score (nSPS) is 36.0. The highest BCUT2D eigenvalue weighted by Gasteiger charge is 2.45. The van der Waals surface area contributed by atoms with Gasteiger partial charge >= 0.3 is 6.18 Å². The fourth-order valence-corrected chi connectivity index (χ4v) is 3.33. The van der Waals surface area contributed by atoms with Crippen LogP contribution in [0.3, 0.4) is 0 Å². The van der Waals surface area contributed by atoms with Crippen molar-refractivity contribution in [2.75, 3.05) is 6.54 Å². The van der Waals surface area contributed by atoms with E-state index in [4.69, 9.17) is 0 Å². The van der Waals surface area contributed by atoms with E-state index in [1.54, 1.807) is 4.90 Å². The minimum atomic E-state index is -4.04. The molecule has 16 heavy (non-hydrogen) atoms. The summed E-state index contributed by atoms with van der Waals surface area (Å²) < 4.78 is 37.3. The first-order chi connectivity index (χ1) is 7.37. The molecule has 0 aliphatic carbocycles. The fraction of sp³-hybridized carbons (Fsp3) is 1.00. The molecule has 0 aromatic rings. The average molecular weight is 235 g/mol. The predicted molar refractivity (Wildman–Crippen MR) is 57.1 cm³/mol. The smallest absolute Gasteiger partial charge is 0.289 e. The molecule has 2 aliphatic rings. The molecule has 3 atom stereocenters. The topological polar surface area (TPSA) is 3.24 Å². The number of rotatable bonds is 2. The summed E-state index contributed by atoms with van der Waals surface area (Å²) in [5.74, 6) is 1.23. The van der Waals surface area contributed by atoms with Gasteiger partial charge in [-0.05, 0) is 37.5 Å². The van der Waals surface area contributed by atoms with Crippen LogP contribution in [0.25, 0.3) is 0 Å². The standard InChI is InChI=1S/C12H20F3N/c1-8(2)9-5-10-3-4-11(6-9)16(10)7-12(13,14)15/h8-11H,3-7H2,1-2H3/t9?,10-,11+. The van der Waals surface area contributed by atoms with Gasteiger partial charge in [0.2, 0.25) is 0 Å². The van der Waals surface area contributed by atoms with Crippen molar-refractivity contribution in [2.45, 2.75) is 57.8 Å².